The number of hydrogen-bond acceptors (Lipinski definition) is 7. The molecule has 2 amide bonds. The molecule has 3 aromatic heterocycles. The van der Waals surface area contributed by atoms with Crippen molar-refractivity contribution in [2.75, 3.05) is 11.9 Å². The monoisotopic (exact) mass is 586 g/mol. The average molecular weight is 587 g/mol. The molecule has 0 unspecified atom stereocenters. The maximum Gasteiger partial charge on any atom is 0.292 e. The van der Waals surface area contributed by atoms with Gasteiger partial charge in [-0.3, -0.25) is 9.59 Å². The number of hydrogen-bond donors (Lipinski definition) is 3. The topological polar surface area (TPSA) is 146 Å². The number of aromatic nitrogens is 3. The molecule has 5 aromatic rings. The summed E-state index contributed by atoms with van der Waals surface area (Å²) in [4.78, 5) is 34.1. The zero-order valence-electron chi connectivity index (χ0n) is 22.0. The van der Waals surface area contributed by atoms with Gasteiger partial charge < -0.3 is 24.7 Å². The van der Waals surface area contributed by atoms with Gasteiger partial charge in [-0.2, -0.15) is 5.26 Å². The molecule has 0 saturated heterocycles. The SMILES string of the molecule is Cl.N#Cc1c(-c2cccc(C(=O)NCCCn3ccnc3)c2)cc(-c2ccc(F)cc2O)nc1NC(=O)c1ccco1. The highest BCUT2D eigenvalue weighted by atomic mass is 35.5. The van der Waals surface area contributed by atoms with Crippen LogP contribution in [0.4, 0.5) is 10.2 Å². The van der Waals surface area contributed by atoms with Crippen LogP contribution in [0.1, 0.15) is 32.9 Å². The third-order valence-electron chi connectivity index (χ3n) is 6.22. The highest BCUT2D eigenvalue weighted by molar-refractivity contribution is 6.03. The van der Waals surface area contributed by atoms with Crippen molar-refractivity contribution in [3.05, 3.63) is 108 Å². The third kappa shape index (κ3) is 6.63. The molecule has 42 heavy (non-hydrogen) atoms. The maximum absolute atomic E-state index is 13.7. The van der Waals surface area contributed by atoms with Crippen LogP contribution in [-0.2, 0) is 6.54 Å². The first kappa shape index (κ1) is 29.5. The van der Waals surface area contributed by atoms with E-state index in [1.807, 2.05) is 10.8 Å². The van der Waals surface area contributed by atoms with Crippen LogP contribution in [0, 0.1) is 17.1 Å². The highest BCUT2D eigenvalue weighted by Crippen LogP contribution is 2.36. The van der Waals surface area contributed by atoms with Gasteiger partial charge in [0.1, 0.15) is 23.2 Å². The van der Waals surface area contributed by atoms with Crippen LogP contribution in [0.5, 0.6) is 5.75 Å². The summed E-state index contributed by atoms with van der Waals surface area (Å²) in [5, 5.41) is 26.0. The summed E-state index contributed by atoms with van der Waals surface area (Å²) >= 11 is 0. The van der Waals surface area contributed by atoms with Gasteiger partial charge in [0.2, 0.25) is 0 Å². The number of rotatable bonds is 9. The number of pyridine rings is 1. The molecular formula is C30H24ClFN6O4. The molecule has 0 bridgehead atoms. The fourth-order valence-electron chi connectivity index (χ4n) is 4.23. The van der Waals surface area contributed by atoms with Crippen LogP contribution < -0.4 is 10.6 Å². The molecule has 0 radical (unpaired) electrons. The number of aromatic hydroxyl groups is 1. The van der Waals surface area contributed by atoms with Gasteiger partial charge in [-0.05, 0) is 54.4 Å². The third-order valence-corrected chi connectivity index (χ3v) is 6.22. The number of furan rings is 1. The molecule has 2 aromatic carbocycles. The normalized spacial score (nSPS) is 10.4. The Kier molecular flexibility index (Phi) is 9.31. The minimum atomic E-state index is -0.644. The molecule has 0 fully saturated rings. The second kappa shape index (κ2) is 13.3. The summed E-state index contributed by atoms with van der Waals surface area (Å²) < 4.78 is 20.8. The number of aryl methyl sites for hydroxylation is 1. The fraction of sp³-hybridized carbons (Fsp3) is 0.100. The van der Waals surface area contributed by atoms with E-state index in [0.29, 0.717) is 36.2 Å². The number of nitriles is 1. The number of nitrogens with one attached hydrogen (secondary N) is 2. The lowest BCUT2D eigenvalue weighted by molar-refractivity contribution is 0.0951. The Balaban J connectivity index is 0.00000405. The number of phenols is 1. The summed E-state index contributed by atoms with van der Waals surface area (Å²) in [7, 11) is 0. The Morgan fingerprint density at radius 3 is 2.64 bits per heavy atom. The van der Waals surface area contributed by atoms with Crippen molar-refractivity contribution < 1.29 is 23.5 Å². The van der Waals surface area contributed by atoms with Gasteiger partial charge in [-0.1, -0.05) is 12.1 Å². The van der Waals surface area contributed by atoms with Crippen molar-refractivity contribution in [2.24, 2.45) is 0 Å². The van der Waals surface area contributed by atoms with Gasteiger partial charge >= 0.3 is 0 Å². The first-order chi connectivity index (χ1) is 19.9. The molecule has 0 saturated carbocycles. The summed E-state index contributed by atoms with van der Waals surface area (Å²) in [6, 6.07) is 16.7. The van der Waals surface area contributed by atoms with Gasteiger partial charge in [-0.25, -0.2) is 14.4 Å². The van der Waals surface area contributed by atoms with Crippen molar-refractivity contribution in [3.8, 4) is 34.2 Å². The molecule has 212 valence electrons. The number of phenolic OH excluding ortho intramolecular Hbond substituents is 1. The largest absolute Gasteiger partial charge is 0.507 e. The maximum atomic E-state index is 13.7. The Morgan fingerprint density at radius 1 is 1.07 bits per heavy atom. The lowest BCUT2D eigenvalue weighted by Crippen LogP contribution is -2.25. The van der Waals surface area contributed by atoms with Crippen LogP contribution in [0.3, 0.4) is 0 Å². The van der Waals surface area contributed by atoms with E-state index < -0.39 is 11.7 Å². The van der Waals surface area contributed by atoms with Crippen LogP contribution in [-0.4, -0.2) is 38.0 Å². The van der Waals surface area contributed by atoms with E-state index in [0.717, 1.165) is 12.1 Å². The zero-order chi connectivity index (χ0) is 28.8. The van der Waals surface area contributed by atoms with Crippen LogP contribution in [0.25, 0.3) is 22.4 Å². The van der Waals surface area contributed by atoms with E-state index in [-0.39, 0.29) is 52.5 Å². The predicted molar refractivity (Wildman–Crippen MR) is 155 cm³/mol. The number of carbonyl (C=O) groups is 2. The van der Waals surface area contributed by atoms with E-state index in [1.165, 1.54) is 24.5 Å². The Hall–Kier alpha value is -5.47. The van der Waals surface area contributed by atoms with Crippen molar-refractivity contribution in [1.29, 1.82) is 5.26 Å². The van der Waals surface area contributed by atoms with E-state index in [4.69, 9.17) is 4.42 Å². The van der Waals surface area contributed by atoms with Crippen molar-refractivity contribution in [3.63, 3.8) is 0 Å². The van der Waals surface area contributed by atoms with E-state index in [9.17, 15) is 24.3 Å². The highest BCUT2D eigenvalue weighted by Gasteiger charge is 2.21. The summed E-state index contributed by atoms with van der Waals surface area (Å²) in [6.45, 7) is 1.14. The van der Waals surface area contributed by atoms with Gasteiger partial charge in [0.25, 0.3) is 11.8 Å². The summed E-state index contributed by atoms with van der Waals surface area (Å²) in [6.07, 6.45) is 7.28. The summed E-state index contributed by atoms with van der Waals surface area (Å²) in [5.74, 6) is -2.06. The minimum Gasteiger partial charge on any atom is -0.507 e. The summed E-state index contributed by atoms with van der Waals surface area (Å²) in [5.41, 5.74) is 1.56. The average Bonchev–Trinajstić information content (AvgIpc) is 3.70. The number of halogens is 2. The second-order valence-electron chi connectivity index (χ2n) is 8.97. The smallest absolute Gasteiger partial charge is 0.292 e. The molecular weight excluding hydrogens is 563 g/mol. The van der Waals surface area contributed by atoms with E-state index >= 15 is 0 Å². The van der Waals surface area contributed by atoms with Crippen molar-refractivity contribution in [1.82, 2.24) is 19.9 Å². The molecule has 0 atom stereocenters. The number of amides is 2. The molecule has 12 heteroatoms. The molecule has 3 N–H and O–H groups in total. The lowest BCUT2D eigenvalue weighted by Gasteiger charge is -2.14. The van der Waals surface area contributed by atoms with Crippen LogP contribution >= 0.6 is 12.4 Å². The molecule has 0 aliphatic heterocycles. The number of carbonyl (C=O) groups excluding carboxylic acids is 2. The van der Waals surface area contributed by atoms with Gasteiger partial charge in [0, 0.05) is 48.2 Å². The number of nitrogens with zero attached hydrogens (tertiary/aromatic N) is 4. The quantitative estimate of drug-likeness (QED) is 0.196. The Bertz CT molecular complexity index is 1750. The van der Waals surface area contributed by atoms with Gasteiger partial charge in [0.15, 0.2) is 11.6 Å². The molecule has 5 rings (SSSR count). The van der Waals surface area contributed by atoms with E-state index in [2.05, 4.69) is 26.7 Å². The first-order valence-corrected chi connectivity index (χ1v) is 12.6. The molecule has 0 spiro atoms. The number of imidazole rings is 1. The second-order valence-corrected chi connectivity index (χ2v) is 8.97. The van der Waals surface area contributed by atoms with E-state index in [1.54, 1.807) is 42.9 Å². The van der Waals surface area contributed by atoms with Gasteiger partial charge in [-0.15, -0.1) is 12.4 Å². The van der Waals surface area contributed by atoms with Crippen LogP contribution in [0.2, 0.25) is 0 Å². The first-order valence-electron chi connectivity index (χ1n) is 12.6. The predicted octanol–water partition coefficient (Wildman–Crippen LogP) is 5.42. The fourth-order valence-corrected chi connectivity index (χ4v) is 4.23. The van der Waals surface area contributed by atoms with Crippen molar-refractivity contribution >= 4 is 30.0 Å². The Morgan fingerprint density at radius 2 is 1.93 bits per heavy atom. The van der Waals surface area contributed by atoms with Crippen molar-refractivity contribution in [2.45, 2.75) is 13.0 Å². The number of benzene rings is 2. The minimum absolute atomic E-state index is 0. The van der Waals surface area contributed by atoms with Gasteiger partial charge in [0.05, 0.1) is 18.3 Å². The zero-order valence-corrected chi connectivity index (χ0v) is 22.8. The number of anilines is 1. The molecule has 0 aliphatic rings. The molecule has 0 aliphatic carbocycles. The lowest BCUT2D eigenvalue weighted by atomic mass is 9.96. The Labute approximate surface area is 245 Å². The van der Waals surface area contributed by atoms with Crippen LogP contribution in [0.15, 0.2) is 90.1 Å². The molecule has 10 nitrogen and oxygen atoms in total. The standard InChI is InChI=1S/C30H23FN6O4.ClH/c31-21-7-8-22(26(38)15-21)25-16-23(24(17-32)28(35-25)36-30(40)27-6-2-13-41-27)19-4-1-5-20(14-19)29(39)34-9-3-11-37-12-10-33-18-37;/h1-2,4-8,10,12-16,18,38H,3,9,11H2,(H,34,39)(H,35,36,40);1H. The molecule has 3 heterocycles.